The molecule has 0 aliphatic carbocycles. The Kier molecular flexibility index (Phi) is 5.98. The van der Waals surface area contributed by atoms with Crippen molar-refractivity contribution >= 4 is 31.9 Å². The lowest BCUT2D eigenvalue weighted by molar-refractivity contribution is -0.123. The number of nitrogens with two attached hydrogens (primary N) is 1. The Hall–Kier alpha value is -1.90. The van der Waals surface area contributed by atoms with Crippen molar-refractivity contribution in [3.63, 3.8) is 0 Å². The van der Waals surface area contributed by atoms with Gasteiger partial charge in [0, 0.05) is 11.0 Å². The van der Waals surface area contributed by atoms with Gasteiger partial charge in [0.1, 0.15) is 5.75 Å². The van der Waals surface area contributed by atoms with Crippen molar-refractivity contribution in [1.29, 1.82) is 0 Å². The minimum Gasteiger partial charge on any atom is -0.484 e. The summed E-state index contributed by atoms with van der Waals surface area (Å²) in [5.41, 5.74) is 1.69. The number of benzene rings is 2. The van der Waals surface area contributed by atoms with Gasteiger partial charge in [-0.05, 0) is 48.4 Å². The van der Waals surface area contributed by atoms with Crippen molar-refractivity contribution < 1.29 is 17.9 Å². The number of primary sulfonamides is 1. The monoisotopic (exact) mass is 412 g/mol. The second-order valence-electron chi connectivity index (χ2n) is 5.16. The summed E-state index contributed by atoms with van der Waals surface area (Å²) in [4.78, 5) is 11.9. The summed E-state index contributed by atoms with van der Waals surface area (Å²) in [6, 6.07) is 11.5. The second kappa shape index (κ2) is 7.78. The molecule has 8 heteroatoms. The maximum atomic E-state index is 11.8. The first-order valence-corrected chi connectivity index (χ1v) is 9.37. The quantitative estimate of drug-likeness (QED) is 0.758. The Morgan fingerprint density at radius 1 is 1.21 bits per heavy atom. The fraction of sp³-hybridized carbons (Fsp3) is 0.188. The van der Waals surface area contributed by atoms with E-state index in [0.717, 1.165) is 15.6 Å². The molecule has 2 aromatic rings. The molecular formula is C16H17BrN2O4S. The molecule has 0 aliphatic rings. The minimum atomic E-state index is -3.71. The summed E-state index contributed by atoms with van der Waals surface area (Å²) in [6.07, 6.45) is 0. The molecule has 0 atom stereocenters. The van der Waals surface area contributed by atoms with Crippen LogP contribution in [0.25, 0.3) is 0 Å². The van der Waals surface area contributed by atoms with Crippen LogP contribution in [0, 0.1) is 6.92 Å². The molecule has 0 saturated carbocycles. The van der Waals surface area contributed by atoms with Gasteiger partial charge >= 0.3 is 0 Å². The van der Waals surface area contributed by atoms with Crippen LogP contribution in [-0.2, 0) is 21.4 Å². The van der Waals surface area contributed by atoms with Crippen LogP contribution >= 0.6 is 15.9 Å². The largest absolute Gasteiger partial charge is 0.484 e. The molecule has 0 heterocycles. The van der Waals surface area contributed by atoms with Crippen LogP contribution in [0.4, 0.5) is 0 Å². The predicted octanol–water partition coefficient (Wildman–Crippen LogP) is 2.10. The topological polar surface area (TPSA) is 98.5 Å². The van der Waals surface area contributed by atoms with Crippen molar-refractivity contribution in [2.24, 2.45) is 5.14 Å². The van der Waals surface area contributed by atoms with Crippen molar-refractivity contribution in [2.45, 2.75) is 18.4 Å². The van der Waals surface area contributed by atoms with E-state index in [4.69, 9.17) is 9.88 Å². The Labute approximate surface area is 149 Å². The normalized spacial score (nSPS) is 11.1. The van der Waals surface area contributed by atoms with Gasteiger partial charge in [0.15, 0.2) is 6.61 Å². The SMILES string of the molecule is Cc1cc(Br)ccc1OCC(=O)NCc1ccc(S(N)(=O)=O)cc1. The van der Waals surface area contributed by atoms with E-state index in [2.05, 4.69) is 21.2 Å². The maximum Gasteiger partial charge on any atom is 0.258 e. The molecule has 0 spiro atoms. The van der Waals surface area contributed by atoms with E-state index in [-0.39, 0.29) is 24.0 Å². The van der Waals surface area contributed by atoms with Gasteiger partial charge in [0.25, 0.3) is 5.91 Å². The summed E-state index contributed by atoms with van der Waals surface area (Å²) < 4.78 is 28.8. The van der Waals surface area contributed by atoms with E-state index in [1.54, 1.807) is 18.2 Å². The molecule has 6 nitrogen and oxygen atoms in total. The van der Waals surface area contributed by atoms with E-state index in [1.165, 1.54) is 12.1 Å². The van der Waals surface area contributed by atoms with Crippen LogP contribution in [0.5, 0.6) is 5.75 Å². The zero-order valence-corrected chi connectivity index (χ0v) is 15.4. The number of halogens is 1. The number of ether oxygens (including phenoxy) is 1. The average molecular weight is 413 g/mol. The number of sulfonamides is 1. The zero-order valence-electron chi connectivity index (χ0n) is 13.0. The van der Waals surface area contributed by atoms with Crippen LogP contribution in [0.3, 0.4) is 0 Å². The maximum absolute atomic E-state index is 11.8. The molecule has 0 aromatic heterocycles. The number of hydrogen-bond acceptors (Lipinski definition) is 4. The first-order valence-electron chi connectivity index (χ1n) is 7.03. The highest BCUT2D eigenvalue weighted by Crippen LogP contribution is 2.21. The fourth-order valence-corrected chi connectivity index (χ4v) is 2.96. The van der Waals surface area contributed by atoms with E-state index >= 15 is 0 Å². The van der Waals surface area contributed by atoms with Gasteiger partial charge in [0.2, 0.25) is 10.0 Å². The zero-order chi connectivity index (χ0) is 17.7. The van der Waals surface area contributed by atoms with E-state index in [0.29, 0.717) is 5.75 Å². The van der Waals surface area contributed by atoms with Crippen LogP contribution in [0.15, 0.2) is 51.8 Å². The summed E-state index contributed by atoms with van der Waals surface area (Å²) in [7, 11) is -3.71. The van der Waals surface area contributed by atoms with Gasteiger partial charge in [-0.3, -0.25) is 4.79 Å². The first kappa shape index (κ1) is 18.4. The molecule has 0 fully saturated rings. The molecule has 1 amide bonds. The van der Waals surface area contributed by atoms with Crippen molar-refractivity contribution in [3.8, 4) is 5.75 Å². The van der Waals surface area contributed by atoms with Gasteiger partial charge in [-0.25, -0.2) is 13.6 Å². The molecule has 0 aliphatic heterocycles. The molecule has 128 valence electrons. The Bertz CT molecular complexity index is 836. The van der Waals surface area contributed by atoms with Crippen LogP contribution in [0.2, 0.25) is 0 Å². The van der Waals surface area contributed by atoms with Crippen molar-refractivity contribution in [2.75, 3.05) is 6.61 Å². The third kappa shape index (κ3) is 5.33. The summed E-state index contributed by atoms with van der Waals surface area (Å²) in [5.74, 6) is 0.374. The lowest BCUT2D eigenvalue weighted by Crippen LogP contribution is -2.28. The Balaban J connectivity index is 1.85. The summed E-state index contributed by atoms with van der Waals surface area (Å²) in [5, 5.41) is 7.73. The molecule has 0 unspecified atom stereocenters. The molecule has 0 bridgehead atoms. The molecular weight excluding hydrogens is 396 g/mol. The second-order valence-corrected chi connectivity index (χ2v) is 7.64. The van der Waals surface area contributed by atoms with Gasteiger partial charge in [0.05, 0.1) is 4.90 Å². The smallest absolute Gasteiger partial charge is 0.258 e. The van der Waals surface area contributed by atoms with Crippen molar-refractivity contribution in [1.82, 2.24) is 5.32 Å². The van der Waals surface area contributed by atoms with Crippen LogP contribution in [-0.4, -0.2) is 20.9 Å². The number of nitrogens with one attached hydrogen (secondary N) is 1. The lowest BCUT2D eigenvalue weighted by Gasteiger charge is -2.10. The molecule has 24 heavy (non-hydrogen) atoms. The van der Waals surface area contributed by atoms with Gasteiger partial charge in [-0.1, -0.05) is 28.1 Å². The van der Waals surface area contributed by atoms with E-state index in [1.807, 2.05) is 19.1 Å². The minimum absolute atomic E-state index is 0.0339. The summed E-state index contributed by atoms with van der Waals surface area (Å²) >= 11 is 3.36. The Morgan fingerprint density at radius 2 is 1.88 bits per heavy atom. The number of carbonyl (C=O) groups is 1. The fourth-order valence-electron chi connectivity index (χ4n) is 1.97. The average Bonchev–Trinajstić information content (AvgIpc) is 2.51. The molecule has 0 radical (unpaired) electrons. The van der Waals surface area contributed by atoms with Gasteiger partial charge in [-0.2, -0.15) is 0 Å². The Morgan fingerprint density at radius 3 is 2.46 bits per heavy atom. The van der Waals surface area contributed by atoms with Crippen LogP contribution < -0.4 is 15.2 Å². The van der Waals surface area contributed by atoms with Gasteiger partial charge in [-0.15, -0.1) is 0 Å². The van der Waals surface area contributed by atoms with Crippen molar-refractivity contribution in [3.05, 3.63) is 58.1 Å². The van der Waals surface area contributed by atoms with E-state index in [9.17, 15) is 13.2 Å². The number of aryl methyl sites for hydroxylation is 1. The highest BCUT2D eigenvalue weighted by molar-refractivity contribution is 9.10. The highest BCUT2D eigenvalue weighted by atomic mass is 79.9. The number of hydrogen-bond donors (Lipinski definition) is 2. The summed E-state index contributed by atoms with van der Waals surface area (Å²) in [6.45, 7) is 2.06. The standard InChI is InChI=1S/C16H17BrN2O4S/c1-11-8-13(17)4-7-15(11)23-10-16(20)19-9-12-2-5-14(6-3-12)24(18,21)22/h2-8H,9-10H2,1H3,(H,19,20)(H2,18,21,22). The first-order chi connectivity index (χ1) is 11.3. The van der Waals surface area contributed by atoms with E-state index < -0.39 is 10.0 Å². The number of rotatable bonds is 6. The van der Waals surface area contributed by atoms with Crippen LogP contribution in [0.1, 0.15) is 11.1 Å². The lowest BCUT2D eigenvalue weighted by atomic mass is 10.2. The predicted molar refractivity (Wildman–Crippen MR) is 94.0 cm³/mol. The number of amides is 1. The highest BCUT2D eigenvalue weighted by Gasteiger charge is 2.08. The third-order valence-corrected chi connectivity index (χ3v) is 4.66. The third-order valence-electron chi connectivity index (χ3n) is 3.24. The molecule has 2 aromatic carbocycles. The molecule has 0 saturated heterocycles. The van der Waals surface area contributed by atoms with Gasteiger partial charge < -0.3 is 10.1 Å². The number of carbonyl (C=O) groups excluding carboxylic acids is 1. The molecule has 2 rings (SSSR count). The molecule has 3 N–H and O–H groups in total.